The molecule has 3 heteroatoms. The lowest BCUT2D eigenvalue weighted by molar-refractivity contribution is -0.126. The molecule has 0 aromatic heterocycles. The van der Waals surface area contributed by atoms with Crippen LogP contribution in [0.25, 0.3) is 0 Å². The lowest BCUT2D eigenvalue weighted by Crippen LogP contribution is -2.46. The van der Waals surface area contributed by atoms with E-state index in [-0.39, 0.29) is 5.91 Å². The molecule has 0 heterocycles. The lowest BCUT2D eigenvalue weighted by Gasteiger charge is -2.32. The highest BCUT2D eigenvalue weighted by molar-refractivity contribution is 5.89. The van der Waals surface area contributed by atoms with Crippen LogP contribution in [0.15, 0.2) is 6.07 Å². The van der Waals surface area contributed by atoms with E-state index in [0.29, 0.717) is 0 Å². The van der Waals surface area contributed by atoms with Gasteiger partial charge in [-0.1, -0.05) is 18.9 Å². The molecule has 0 spiro atoms. The van der Waals surface area contributed by atoms with E-state index < -0.39 is 5.41 Å². The molecule has 1 saturated carbocycles. The van der Waals surface area contributed by atoms with Crippen LogP contribution in [-0.2, 0) is 10.2 Å². The number of carbonyl (C=O) groups is 1. The van der Waals surface area contributed by atoms with Crippen molar-refractivity contribution in [2.45, 2.75) is 58.8 Å². The van der Waals surface area contributed by atoms with Crippen LogP contribution in [0.2, 0.25) is 0 Å². The first-order valence-electron chi connectivity index (χ1n) is 7.03. The zero-order valence-electron chi connectivity index (χ0n) is 12.4. The van der Waals surface area contributed by atoms with Gasteiger partial charge in [-0.15, -0.1) is 0 Å². The Labute approximate surface area is 115 Å². The second-order valence-electron chi connectivity index (χ2n) is 5.90. The molecule has 19 heavy (non-hydrogen) atoms. The average molecular weight is 260 g/mol. The number of carbonyl (C=O) groups excluding carboxylic acids is 1. The minimum atomic E-state index is -0.417. The summed E-state index contributed by atoms with van der Waals surface area (Å²) in [5, 5.41) is 0. The van der Waals surface area contributed by atoms with Crippen molar-refractivity contribution >= 4 is 5.91 Å². The number of hydrogen-bond donors (Lipinski definition) is 2. The molecule has 1 aliphatic carbocycles. The van der Waals surface area contributed by atoms with Gasteiger partial charge in [-0.3, -0.25) is 10.2 Å². The molecular formula is C16H24N2O. The zero-order chi connectivity index (χ0) is 14.2. The zero-order valence-corrected chi connectivity index (χ0v) is 12.4. The van der Waals surface area contributed by atoms with Crippen LogP contribution in [-0.4, -0.2) is 5.91 Å². The minimum Gasteiger partial charge on any atom is -0.293 e. The van der Waals surface area contributed by atoms with Crippen LogP contribution in [0.5, 0.6) is 0 Å². The van der Waals surface area contributed by atoms with E-state index in [0.717, 1.165) is 25.7 Å². The van der Waals surface area contributed by atoms with Gasteiger partial charge in [0, 0.05) is 0 Å². The first-order valence-corrected chi connectivity index (χ1v) is 7.03. The van der Waals surface area contributed by atoms with Crippen molar-refractivity contribution in [2.24, 2.45) is 5.84 Å². The molecule has 0 saturated heterocycles. The Morgan fingerprint density at radius 2 is 1.58 bits per heavy atom. The van der Waals surface area contributed by atoms with Crippen molar-refractivity contribution in [3.63, 3.8) is 0 Å². The molecule has 3 N–H and O–H groups in total. The van der Waals surface area contributed by atoms with E-state index in [4.69, 9.17) is 5.84 Å². The third-order valence-corrected chi connectivity index (χ3v) is 4.87. The van der Waals surface area contributed by atoms with Gasteiger partial charge in [-0.2, -0.15) is 0 Å². The maximum absolute atomic E-state index is 12.4. The highest BCUT2D eigenvalue weighted by Crippen LogP contribution is 2.45. The molecule has 104 valence electrons. The van der Waals surface area contributed by atoms with Crippen molar-refractivity contribution in [3.05, 3.63) is 33.9 Å². The Hall–Kier alpha value is -1.35. The van der Waals surface area contributed by atoms with Crippen molar-refractivity contribution in [3.8, 4) is 0 Å². The number of hydrazine groups is 1. The third kappa shape index (κ3) is 2.06. The molecule has 1 aromatic rings. The monoisotopic (exact) mass is 260 g/mol. The number of nitrogens with two attached hydrogens (primary N) is 1. The van der Waals surface area contributed by atoms with E-state index in [1.807, 2.05) is 0 Å². The summed E-state index contributed by atoms with van der Waals surface area (Å²) in [5.41, 5.74) is 8.20. The molecule has 3 nitrogen and oxygen atoms in total. The number of benzene rings is 1. The fourth-order valence-corrected chi connectivity index (χ4v) is 3.64. The predicted molar refractivity (Wildman–Crippen MR) is 77.9 cm³/mol. The van der Waals surface area contributed by atoms with Gasteiger partial charge in [0.15, 0.2) is 0 Å². The standard InChI is InChI=1S/C16H24N2O/c1-10-9-11(2)13(4)14(12(10)3)16(15(19)18-17)7-5-6-8-16/h9H,5-8,17H2,1-4H3,(H,18,19). The van der Waals surface area contributed by atoms with E-state index in [1.54, 1.807) is 0 Å². The van der Waals surface area contributed by atoms with Crippen molar-refractivity contribution < 1.29 is 4.79 Å². The van der Waals surface area contributed by atoms with E-state index in [9.17, 15) is 4.79 Å². The summed E-state index contributed by atoms with van der Waals surface area (Å²) < 4.78 is 0. The molecule has 0 aliphatic heterocycles. The molecular weight excluding hydrogens is 236 g/mol. The highest BCUT2D eigenvalue weighted by atomic mass is 16.2. The SMILES string of the molecule is Cc1cc(C)c(C)c(C2(C(=O)NN)CCCC2)c1C. The van der Waals surface area contributed by atoms with Crippen molar-refractivity contribution in [1.82, 2.24) is 5.43 Å². The summed E-state index contributed by atoms with van der Waals surface area (Å²) in [4.78, 5) is 12.4. The van der Waals surface area contributed by atoms with Crippen molar-refractivity contribution in [1.29, 1.82) is 0 Å². The van der Waals surface area contributed by atoms with Gasteiger partial charge in [-0.05, 0) is 68.4 Å². The van der Waals surface area contributed by atoms with Crippen LogP contribution in [0.3, 0.4) is 0 Å². The normalized spacial score (nSPS) is 17.5. The van der Waals surface area contributed by atoms with Gasteiger partial charge in [0.2, 0.25) is 5.91 Å². The van der Waals surface area contributed by atoms with Gasteiger partial charge in [0.05, 0.1) is 5.41 Å². The first kappa shape index (κ1) is 14.1. The van der Waals surface area contributed by atoms with Gasteiger partial charge >= 0.3 is 0 Å². The topological polar surface area (TPSA) is 55.1 Å². The summed E-state index contributed by atoms with van der Waals surface area (Å²) in [6.07, 6.45) is 4.00. The van der Waals surface area contributed by atoms with Crippen LogP contribution < -0.4 is 11.3 Å². The highest BCUT2D eigenvalue weighted by Gasteiger charge is 2.44. The Morgan fingerprint density at radius 3 is 2.00 bits per heavy atom. The number of aryl methyl sites for hydroxylation is 2. The van der Waals surface area contributed by atoms with Crippen LogP contribution >= 0.6 is 0 Å². The summed E-state index contributed by atoms with van der Waals surface area (Å²) in [5.74, 6) is 5.42. The molecule has 1 aliphatic rings. The van der Waals surface area contributed by atoms with E-state index >= 15 is 0 Å². The van der Waals surface area contributed by atoms with E-state index in [2.05, 4.69) is 39.2 Å². The lowest BCUT2D eigenvalue weighted by atomic mass is 9.72. The Bertz CT molecular complexity index is 488. The largest absolute Gasteiger partial charge is 0.293 e. The maximum atomic E-state index is 12.4. The molecule has 1 amide bonds. The van der Waals surface area contributed by atoms with Gasteiger partial charge in [0.1, 0.15) is 0 Å². The number of hydrogen-bond acceptors (Lipinski definition) is 2. The van der Waals surface area contributed by atoms with Crippen LogP contribution in [0, 0.1) is 27.7 Å². The number of amides is 1. The first-order chi connectivity index (χ1) is 8.94. The summed E-state index contributed by atoms with van der Waals surface area (Å²) in [6, 6.07) is 2.21. The molecule has 1 fully saturated rings. The Balaban J connectivity index is 2.70. The van der Waals surface area contributed by atoms with Gasteiger partial charge < -0.3 is 0 Å². The van der Waals surface area contributed by atoms with Gasteiger partial charge in [0.25, 0.3) is 0 Å². The molecule has 2 rings (SSSR count). The maximum Gasteiger partial charge on any atom is 0.244 e. The molecule has 1 aromatic carbocycles. The second kappa shape index (κ2) is 4.97. The minimum absolute atomic E-state index is 0.0267. The second-order valence-corrected chi connectivity index (χ2v) is 5.90. The summed E-state index contributed by atoms with van der Waals surface area (Å²) >= 11 is 0. The van der Waals surface area contributed by atoms with Crippen molar-refractivity contribution in [2.75, 3.05) is 0 Å². The molecule has 0 bridgehead atoms. The molecule has 0 radical (unpaired) electrons. The smallest absolute Gasteiger partial charge is 0.244 e. The third-order valence-electron chi connectivity index (χ3n) is 4.87. The van der Waals surface area contributed by atoms with Crippen LogP contribution in [0.4, 0.5) is 0 Å². The quantitative estimate of drug-likeness (QED) is 0.488. The predicted octanol–water partition coefficient (Wildman–Crippen LogP) is 2.72. The molecule has 0 unspecified atom stereocenters. The fourth-order valence-electron chi connectivity index (χ4n) is 3.64. The number of rotatable bonds is 2. The van der Waals surface area contributed by atoms with Gasteiger partial charge in [-0.25, -0.2) is 5.84 Å². The number of nitrogens with one attached hydrogen (secondary N) is 1. The van der Waals surface area contributed by atoms with E-state index in [1.165, 1.54) is 27.8 Å². The Kier molecular flexibility index (Phi) is 3.68. The fraction of sp³-hybridized carbons (Fsp3) is 0.562. The summed E-state index contributed by atoms with van der Waals surface area (Å²) in [6.45, 7) is 8.49. The molecule has 0 atom stereocenters. The summed E-state index contributed by atoms with van der Waals surface area (Å²) in [7, 11) is 0. The average Bonchev–Trinajstić information content (AvgIpc) is 2.86. The Morgan fingerprint density at radius 1 is 1.11 bits per heavy atom. The van der Waals surface area contributed by atoms with Crippen LogP contribution in [0.1, 0.15) is 53.5 Å².